The predicted octanol–water partition coefficient (Wildman–Crippen LogP) is 1.53. The normalized spacial score (nSPS) is 12.3. The van der Waals surface area contributed by atoms with Gasteiger partial charge in [0.25, 0.3) is 0 Å². The van der Waals surface area contributed by atoms with Gasteiger partial charge in [0.05, 0.1) is 0 Å². The summed E-state index contributed by atoms with van der Waals surface area (Å²) in [5, 5.41) is 6.32. The molecule has 6 nitrogen and oxygen atoms in total. The molecule has 106 valence electrons. The van der Waals surface area contributed by atoms with E-state index in [0.29, 0.717) is 5.82 Å². The van der Waals surface area contributed by atoms with Crippen LogP contribution in [0.5, 0.6) is 0 Å². The van der Waals surface area contributed by atoms with E-state index in [1.165, 1.54) is 6.33 Å². The molecule has 0 spiro atoms. The maximum atomic E-state index is 11.4. The Balaban J connectivity index is 2.91. The van der Waals surface area contributed by atoms with E-state index >= 15 is 0 Å². The van der Waals surface area contributed by atoms with Crippen LogP contribution in [0, 0.1) is 12.8 Å². The number of nitrogens with zero attached hydrogens (tertiary/aromatic N) is 2. The first kappa shape index (κ1) is 15.2. The zero-order valence-corrected chi connectivity index (χ0v) is 12.0. The monoisotopic (exact) mass is 265 g/mol. The molecule has 1 heterocycles. The molecular weight excluding hydrogens is 242 g/mol. The fraction of sp³-hybridized carbons (Fsp3) is 0.615. The smallest absolute Gasteiger partial charge is 0.240 e. The SMILES string of the molecule is CCCNc1ncnc(NC(C(N)=O)C(C)C)c1C. The molecule has 1 atom stereocenters. The molecule has 4 N–H and O–H groups in total. The maximum absolute atomic E-state index is 11.4. The van der Waals surface area contributed by atoms with Crippen LogP contribution in [0.15, 0.2) is 6.33 Å². The van der Waals surface area contributed by atoms with Crippen molar-refractivity contribution in [1.29, 1.82) is 0 Å². The second kappa shape index (κ2) is 6.92. The number of nitrogens with one attached hydrogen (secondary N) is 2. The molecule has 1 aromatic rings. The molecule has 1 amide bonds. The first-order chi connectivity index (χ1) is 8.97. The predicted molar refractivity (Wildman–Crippen MR) is 77.0 cm³/mol. The molecule has 6 heteroatoms. The molecule has 0 bridgehead atoms. The number of hydrogen-bond acceptors (Lipinski definition) is 5. The number of carbonyl (C=O) groups is 1. The number of rotatable bonds is 7. The third kappa shape index (κ3) is 4.08. The Morgan fingerprint density at radius 1 is 1.37 bits per heavy atom. The summed E-state index contributed by atoms with van der Waals surface area (Å²) in [4.78, 5) is 19.8. The van der Waals surface area contributed by atoms with E-state index < -0.39 is 6.04 Å². The van der Waals surface area contributed by atoms with Crippen molar-refractivity contribution in [2.75, 3.05) is 17.2 Å². The van der Waals surface area contributed by atoms with Gasteiger partial charge in [0.1, 0.15) is 24.0 Å². The molecule has 0 saturated carbocycles. The first-order valence-electron chi connectivity index (χ1n) is 6.58. The molecule has 0 aromatic carbocycles. The van der Waals surface area contributed by atoms with Gasteiger partial charge < -0.3 is 16.4 Å². The van der Waals surface area contributed by atoms with E-state index in [1.807, 2.05) is 20.8 Å². The summed E-state index contributed by atoms with van der Waals surface area (Å²) in [6.45, 7) is 8.73. The van der Waals surface area contributed by atoms with Crippen molar-refractivity contribution in [2.24, 2.45) is 11.7 Å². The number of primary amides is 1. The summed E-state index contributed by atoms with van der Waals surface area (Å²) in [5.41, 5.74) is 6.28. The van der Waals surface area contributed by atoms with E-state index in [9.17, 15) is 4.79 Å². The van der Waals surface area contributed by atoms with E-state index in [0.717, 1.165) is 24.3 Å². The van der Waals surface area contributed by atoms with E-state index in [4.69, 9.17) is 5.73 Å². The quantitative estimate of drug-likeness (QED) is 0.695. The van der Waals surface area contributed by atoms with Gasteiger partial charge in [-0.25, -0.2) is 9.97 Å². The van der Waals surface area contributed by atoms with Crippen molar-refractivity contribution in [2.45, 2.75) is 40.2 Å². The highest BCUT2D eigenvalue weighted by molar-refractivity contribution is 5.83. The molecule has 0 aliphatic rings. The van der Waals surface area contributed by atoms with Gasteiger partial charge in [0.15, 0.2) is 0 Å². The maximum Gasteiger partial charge on any atom is 0.240 e. The highest BCUT2D eigenvalue weighted by Crippen LogP contribution is 2.20. The van der Waals surface area contributed by atoms with E-state index in [2.05, 4.69) is 27.5 Å². The summed E-state index contributed by atoms with van der Waals surface area (Å²) >= 11 is 0. The minimum absolute atomic E-state index is 0.0962. The van der Waals surface area contributed by atoms with Gasteiger partial charge in [0, 0.05) is 12.1 Å². The fourth-order valence-electron chi connectivity index (χ4n) is 1.73. The molecule has 19 heavy (non-hydrogen) atoms. The van der Waals surface area contributed by atoms with Gasteiger partial charge in [-0.3, -0.25) is 4.79 Å². The van der Waals surface area contributed by atoms with Crippen LogP contribution >= 0.6 is 0 Å². The average Bonchev–Trinajstić information content (AvgIpc) is 2.35. The Kier molecular flexibility index (Phi) is 5.54. The van der Waals surface area contributed by atoms with Gasteiger partial charge in [-0.15, -0.1) is 0 Å². The number of aromatic nitrogens is 2. The molecule has 0 aliphatic carbocycles. The Labute approximate surface area is 114 Å². The zero-order valence-electron chi connectivity index (χ0n) is 12.0. The molecule has 0 radical (unpaired) electrons. The molecule has 0 saturated heterocycles. The van der Waals surface area contributed by atoms with Crippen molar-refractivity contribution in [1.82, 2.24) is 9.97 Å². The number of amides is 1. The second-order valence-electron chi connectivity index (χ2n) is 4.89. The van der Waals surface area contributed by atoms with E-state index in [1.54, 1.807) is 0 Å². The molecule has 1 aromatic heterocycles. The second-order valence-corrected chi connectivity index (χ2v) is 4.89. The van der Waals surface area contributed by atoms with Crippen molar-refractivity contribution in [3.8, 4) is 0 Å². The van der Waals surface area contributed by atoms with Gasteiger partial charge in [0.2, 0.25) is 5.91 Å². The number of nitrogens with two attached hydrogens (primary N) is 1. The van der Waals surface area contributed by atoms with Gasteiger partial charge in [-0.05, 0) is 19.3 Å². The molecule has 1 rings (SSSR count). The van der Waals surface area contributed by atoms with Crippen LogP contribution in [-0.2, 0) is 4.79 Å². The third-order valence-electron chi connectivity index (χ3n) is 2.89. The van der Waals surface area contributed by atoms with Gasteiger partial charge in [-0.1, -0.05) is 20.8 Å². The van der Waals surface area contributed by atoms with Crippen molar-refractivity contribution in [3.63, 3.8) is 0 Å². The standard InChI is InChI=1S/C13H23N5O/c1-5-6-15-12-9(4)13(17-7-16-12)18-10(8(2)3)11(14)19/h7-8,10H,5-6H2,1-4H3,(H2,14,19)(H2,15,16,17,18). The Bertz CT molecular complexity index is 433. The zero-order chi connectivity index (χ0) is 14.4. The lowest BCUT2D eigenvalue weighted by atomic mass is 10.0. The lowest BCUT2D eigenvalue weighted by Gasteiger charge is -2.21. The van der Waals surface area contributed by atoms with Crippen LogP contribution in [0.3, 0.4) is 0 Å². The largest absolute Gasteiger partial charge is 0.370 e. The van der Waals surface area contributed by atoms with Crippen LogP contribution in [0.2, 0.25) is 0 Å². The Hall–Kier alpha value is -1.85. The minimum Gasteiger partial charge on any atom is -0.370 e. The lowest BCUT2D eigenvalue weighted by molar-refractivity contribution is -0.119. The van der Waals surface area contributed by atoms with Crippen molar-refractivity contribution < 1.29 is 4.79 Å². The highest BCUT2D eigenvalue weighted by atomic mass is 16.1. The molecule has 0 aliphatic heterocycles. The lowest BCUT2D eigenvalue weighted by Crippen LogP contribution is -2.40. The molecular formula is C13H23N5O. The summed E-state index contributed by atoms with van der Waals surface area (Å²) in [5.74, 6) is 1.15. The van der Waals surface area contributed by atoms with Crippen LogP contribution < -0.4 is 16.4 Å². The Morgan fingerprint density at radius 2 is 2.00 bits per heavy atom. The summed E-state index contributed by atoms with van der Waals surface area (Å²) in [6, 6.07) is -0.437. The fourth-order valence-corrected chi connectivity index (χ4v) is 1.73. The van der Waals surface area contributed by atoms with E-state index in [-0.39, 0.29) is 11.8 Å². The summed E-state index contributed by atoms with van der Waals surface area (Å²) in [6.07, 6.45) is 2.49. The first-order valence-corrected chi connectivity index (χ1v) is 6.58. The Morgan fingerprint density at radius 3 is 2.53 bits per heavy atom. The molecule has 1 unspecified atom stereocenters. The summed E-state index contributed by atoms with van der Waals surface area (Å²) < 4.78 is 0. The van der Waals surface area contributed by atoms with Crippen molar-refractivity contribution in [3.05, 3.63) is 11.9 Å². The van der Waals surface area contributed by atoms with Crippen LogP contribution in [-0.4, -0.2) is 28.5 Å². The van der Waals surface area contributed by atoms with Gasteiger partial charge >= 0.3 is 0 Å². The topological polar surface area (TPSA) is 92.9 Å². The third-order valence-corrected chi connectivity index (χ3v) is 2.89. The minimum atomic E-state index is -0.437. The number of anilines is 2. The summed E-state index contributed by atoms with van der Waals surface area (Å²) in [7, 11) is 0. The number of hydrogen-bond donors (Lipinski definition) is 3. The van der Waals surface area contributed by atoms with Crippen molar-refractivity contribution >= 4 is 17.5 Å². The van der Waals surface area contributed by atoms with Gasteiger partial charge in [-0.2, -0.15) is 0 Å². The van der Waals surface area contributed by atoms with Crippen LogP contribution in [0.1, 0.15) is 32.8 Å². The average molecular weight is 265 g/mol. The van der Waals surface area contributed by atoms with Crippen LogP contribution in [0.4, 0.5) is 11.6 Å². The van der Waals surface area contributed by atoms with Crippen LogP contribution in [0.25, 0.3) is 0 Å². The highest BCUT2D eigenvalue weighted by Gasteiger charge is 2.21. The molecule has 0 fully saturated rings. The number of carbonyl (C=O) groups excluding carboxylic acids is 1.